The van der Waals surface area contributed by atoms with Crippen LogP contribution in [0.3, 0.4) is 0 Å². The van der Waals surface area contributed by atoms with Crippen LogP contribution in [0.5, 0.6) is 0 Å². The van der Waals surface area contributed by atoms with Crippen molar-refractivity contribution < 1.29 is 19.4 Å². The van der Waals surface area contributed by atoms with Gasteiger partial charge < -0.3 is 15.2 Å². The van der Waals surface area contributed by atoms with Gasteiger partial charge in [-0.15, -0.1) is 0 Å². The van der Waals surface area contributed by atoms with Crippen LogP contribution in [0.2, 0.25) is 0 Å². The number of alkyl carbamates (subject to hydrolysis) is 1. The first-order chi connectivity index (χ1) is 11.5. The van der Waals surface area contributed by atoms with E-state index in [0.29, 0.717) is 0 Å². The predicted molar refractivity (Wildman–Crippen MR) is 94.4 cm³/mol. The fourth-order valence-electron chi connectivity index (χ4n) is 1.90. The molecule has 2 N–H and O–H groups in total. The molecule has 0 radical (unpaired) electrons. The van der Waals surface area contributed by atoms with Gasteiger partial charge in [-0.1, -0.05) is 70.5 Å². The van der Waals surface area contributed by atoms with Gasteiger partial charge in [0.25, 0.3) is 0 Å². The Morgan fingerprint density at radius 1 is 1.17 bits per heavy atom. The predicted octanol–water partition coefficient (Wildman–Crippen LogP) is 3.84. The highest BCUT2D eigenvalue weighted by Gasteiger charge is 2.17. The maximum atomic E-state index is 11.8. The molecule has 1 amide bonds. The Morgan fingerprint density at radius 2 is 1.92 bits per heavy atom. The van der Waals surface area contributed by atoms with Crippen LogP contribution >= 0.6 is 15.9 Å². The van der Waals surface area contributed by atoms with Gasteiger partial charge >= 0.3 is 12.1 Å². The third-order valence-electron chi connectivity index (χ3n) is 3.08. The number of benzene rings is 2. The lowest BCUT2D eigenvalue weighted by molar-refractivity contribution is -0.138. The summed E-state index contributed by atoms with van der Waals surface area (Å²) in [4.78, 5) is 23.0. The normalized spacial score (nSPS) is 11.9. The fraction of sp³-hybridized carbons (Fsp3) is 0.111. The van der Waals surface area contributed by atoms with Gasteiger partial charge in [-0.25, -0.2) is 9.59 Å². The minimum Gasteiger partial charge on any atom is -0.479 e. The van der Waals surface area contributed by atoms with E-state index in [2.05, 4.69) is 21.2 Å². The Kier molecular flexibility index (Phi) is 6.57. The number of halogens is 1. The number of ether oxygens (including phenoxy) is 1. The molecule has 6 heteroatoms. The van der Waals surface area contributed by atoms with Crippen molar-refractivity contribution in [3.8, 4) is 0 Å². The van der Waals surface area contributed by atoms with Crippen LogP contribution in [0.15, 0.2) is 65.1 Å². The smallest absolute Gasteiger partial charge is 0.408 e. The van der Waals surface area contributed by atoms with Crippen molar-refractivity contribution in [2.24, 2.45) is 0 Å². The van der Waals surface area contributed by atoms with Crippen molar-refractivity contribution in [1.29, 1.82) is 0 Å². The Hall–Kier alpha value is -2.60. The molecule has 5 nitrogen and oxygen atoms in total. The molecule has 2 aromatic carbocycles. The van der Waals surface area contributed by atoms with Gasteiger partial charge in [0, 0.05) is 4.47 Å². The first kappa shape index (κ1) is 17.7. The molecule has 1 atom stereocenters. The molecule has 0 heterocycles. The first-order valence-corrected chi connectivity index (χ1v) is 7.97. The van der Waals surface area contributed by atoms with Crippen molar-refractivity contribution >= 4 is 34.1 Å². The zero-order chi connectivity index (χ0) is 17.4. The zero-order valence-electron chi connectivity index (χ0n) is 12.7. The van der Waals surface area contributed by atoms with E-state index in [1.165, 1.54) is 6.08 Å². The second kappa shape index (κ2) is 8.88. The number of amides is 1. The lowest BCUT2D eigenvalue weighted by Crippen LogP contribution is -2.39. The molecule has 0 bridgehead atoms. The summed E-state index contributed by atoms with van der Waals surface area (Å²) in [6, 6.07) is 15.3. The van der Waals surface area contributed by atoms with Crippen molar-refractivity contribution in [3.05, 3.63) is 76.3 Å². The van der Waals surface area contributed by atoms with E-state index in [-0.39, 0.29) is 6.61 Å². The molecule has 0 aliphatic heterocycles. The molecule has 0 saturated carbocycles. The maximum Gasteiger partial charge on any atom is 0.408 e. The topological polar surface area (TPSA) is 75.6 Å². The summed E-state index contributed by atoms with van der Waals surface area (Å²) in [6.45, 7) is 0.0777. The van der Waals surface area contributed by atoms with E-state index < -0.39 is 18.1 Å². The number of hydrogen-bond acceptors (Lipinski definition) is 3. The van der Waals surface area contributed by atoms with E-state index >= 15 is 0 Å². The Morgan fingerprint density at radius 3 is 2.58 bits per heavy atom. The zero-order valence-corrected chi connectivity index (χ0v) is 14.3. The van der Waals surface area contributed by atoms with Gasteiger partial charge in [-0.2, -0.15) is 0 Å². The molecule has 0 saturated heterocycles. The number of nitrogens with one attached hydrogen (secondary N) is 1. The molecule has 0 aromatic heterocycles. The molecule has 0 aliphatic rings. The Labute approximate surface area is 148 Å². The van der Waals surface area contributed by atoms with E-state index in [1.54, 1.807) is 6.08 Å². The number of carboxylic acids is 1. The van der Waals surface area contributed by atoms with Crippen molar-refractivity contribution in [2.75, 3.05) is 0 Å². The van der Waals surface area contributed by atoms with Gasteiger partial charge in [-0.3, -0.25) is 0 Å². The van der Waals surface area contributed by atoms with E-state index in [0.717, 1.165) is 15.6 Å². The lowest BCUT2D eigenvalue weighted by Gasteiger charge is -2.11. The summed E-state index contributed by atoms with van der Waals surface area (Å²) in [7, 11) is 0. The number of carbonyl (C=O) groups excluding carboxylic acids is 1. The summed E-state index contributed by atoms with van der Waals surface area (Å²) in [5.74, 6) is -1.17. The number of rotatable bonds is 6. The highest BCUT2D eigenvalue weighted by molar-refractivity contribution is 9.10. The summed E-state index contributed by atoms with van der Waals surface area (Å²) in [5.41, 5.74) is 1.64. The highest BCUT2D eigenvalue weighted by atomic mass is 79.9. The molecule has 0 aliphatic carbocycles. The average molecular weight is 390 g/mol. The molecule has 0 fully saturated rings. The third-order valence-corrected chi connectivity index (χ3v) is 3.58. The van der Waals surface area contributed by atoms with Crippen molar-refractivity contribution in [2.45, 2.75) is 12.6 Å². The number of aliphatic carboxylic acids is 1. The van der Waals surface area contributed by atoms with Crippen molar-refractivity contribution in [1.82, 2.24) is 5.32 Å². The second-order valence-corrected chi connectivity index (χ2v) is 5.85. The number of hydrogen-bond donors (Lipinski definition) is 2. The van der Waals surface area contributed by atoms with Crippen LogP contribution in [-0.4, -0.2) is 23.2 Å². The largest absolute Gasteiger partial charge is 0.479 e. The molecule has 2 rings (SSSR count). The first-order valence-electron chi connectivity index (χ1n) is 7.18. The fourth-order valence-corrected chi connectivity index (χ4v) is 2.32. The standard InChI is InChI=1S/C18H16BrNO4/c19-15-8-4-7-13(11-15)9-10-16(17(21)22)20-18(23)24-12-14-5-2-1-3-6-14/h1-11,16H,12H2,(H,20,23)(H,21,22)/b10-9+/t16-/m0/s1. The molecule has 0 spiro atoms. The summed E-state index contributed by atoms with van der Waals surface area (Å²) < 4.78 is 5.91. The van der Waals surface area contributed by atoms with Crippen LogP contribution in [0.25, 0.3) is 6.08 Å². The van der Waals surface area contributed by atoms with Gasteiger partial charge in [0.2, 0.25) is 0 Å². The van der Waals surface area contributed by atoms with Crippen LogP contribution in [0.1, 0.15) is 11.1 Å². The van der Waals surface area contributed by atoms with E-state index in [4.69, 9.17) is 4.74 Å². The molecular formula is C18H16BrNO4. The summed E-state index contributed by atoms with van der Waals surface area (Å²) >= 11 is 3.34. The third kappa shape index (κ3) is 5.89. The minimum atomic E-state index is -1.17. The minimum absolute atomic E-state index is 0.0777. The van der Waals surface area contributed by atoms with Crippen LogP contribution < -0.4 is 5.32 Å². The Bertz CT molecular complexity index is 731. The van der Waals surface area contributed by atoms with Crippen molar-refractivity contribution in [3.63, 3.8) is 0 Å². The summed E-state index contributed by atoms with van der Waals surface area (Å²) in [5, 5.41) is 11.5. The van der Waals surface area contributed by atoms with Crippen LogP contribution in [0.4, 0.5) is 4.79 Å². The molecule has 0 unspecified atom stereocenters. The number of carboxylic acid groups (broad SMARTS) is 1. The lowest BCUT2D eigenvalue weighted by atomic mass is 10.2. The summed E-state index contributed by atoms with van der Waals surface area (Å²) in [6.07, 6.45) is 2.24. The van der Waals surface area contributed by atoms with E-state index in [1.807, 2.05) is 54.6 Å². The number of carbonyl (C=O) groups is 2. The second-order valence-electron chi connectivity index (χ2n) is 4.94. The van der Waals surface area contributed by atoms with Gasteiger partial charge in [-0.05, 0) is 23.3 Å². The van der Waals surface area contributed by atoms with Gasteiger partial charge in [0.1, 0.15) is 12.6 Å². The molecule has 124 valence electrons. The molecule has 24 heavy (non-hydrogen) atoms. The van der Waals surface area contributed by atoms with Gasteiger partial charge in [0.05, 0.1) is 0 Å². The van der Waals surface area contributed by atoms with Crippen LogP contribution in [0, 0.1) is 0 Å². The van der Waals surface area contributed by atoms with Gasteiger partial charge in [0.15, 0.2) is 0 Å². The average Bonchev–Trinajstić information content (AvgIpc) is 2.57. The maximum absolute atomic E-state index is 11.8. The SMILES string of the molecule is O=C(N[C@@H](/C=C/c1cccc(Br)c1)C(=O)O)OCc1ccccc1. The monoisotopic (exact) mass is 389 g/mol. The quantitative estimate of drug-likeness (QED) is 0.786. The molecule has 2 aromatic rings. The molecular weight excluding hydrogens is 374 g/mol. The van der Waals surface area contributed by atoms with Crippen LogP contribution in [-0.2, 0) is 16.1 Å². The Balaban J connectivity index is 1.93. The van der Waals surface area contributed by atoms with E-state index in [9.17, 15) is 14.7 Å². The highest BCUT2D eigenvalue weighted by Crippen LogP contribution is 2.13.